The lowest BCUT2D eigenvalue weighted by molar-refractivity contribution is 0.0773. The summed E-state index contributed by atoms with van der Waals surface area (Å²) in [7, 11) is 1.88. The molecular weight excluding hydrogens is 250 g/mol. The fourth-order valence-corrected chi connectivity index (χ4v) is 2.88. The maximum Gasteiger partial charge on any atom is 0.253 e. The molecule has 0 aromatic carbocycles. The lowest BCUT2D eigenvalue weighted by Crippen LogP contribution is -2.31. The molecule has 0 aliphatic heterocycles. The molecule has 1 saturated carbocycles. The van der Waals surface area contributed by atoms with Gasteiger partial charge >= 0.3 is 0 Å². The number of pyridine rings is 1. The highest BCUT2D eigenvalue weighted by Crippen LogP contribution is 2.26. The summed E-state index contributed by atoms with van der Waals surface area (Å²) < 4.78 is 0. The number of nitrogen functional groups attached to an aromatic ring is 1. The van der Waals surface area contributed by atoms with Gasteiger partial charge in [0.2, 0.25) is 0 Å². The zero-order chi connectivity index (χ0) is 14.7. The molecule has 1 aromatic rings. The Morgan fingerprint density at radius 2 is 2.05 bits per heavy atom. The van der Waals surface area contributed by atoms with Crippen LogP contribution in [-0.2, 0) is 0 Å². The van der Waals surface area contributed by atoms with E-state index >= 15 is 0 Å². The number of amides is 1. The standard InChI is InChI=1S/C16H25N3O/c1-11(2)14-8-13(9-15(17)18-14)16(20)19(3)10-12-6-4-5-7-12/h8-9,11-12H,4-7,10H2,1-3H3,(H2,17,18). The lowest BCUT2D eigenvalue weighted by Gasteiger charge is -2.21. The van der Waals surface area contributed by atoms with Gasteiger partial charge < -0.3 is 10.6 Å². The maximum atomic E-state index is 12.5. The number of carbonyl (C=O) groups is 1. The highest BCUT2D eigenvalue weighted by Gasteiger charge is 2.21. The molecule has 0 radical (unpaired) electrons. The molecule has 0 spiro atoms. The minimum atomic E-state index is 0.0490. The van der Waals surface area contributed by atoms with Gasteiger partial charge in [-0.15, -0.1) is 0 Å². The quantitative estimate of drug-likeness (QED) is 0.918. The predicted molar refractivity (Wildman–Crippen MR) is 81.7 cm³/mol. The Bertz CT molecular complexity index is 479. The van der Waals surface area contributed by atoms with Crippen LogP contribution in [0.5, 0.6) is 0 Å². The molecule has 4 nitrogen and oxygen atoms in total. The molecular formula is C16H25N3O. The smallest absolute Gasteiger partial charge is 0.253 e. The summed E-state index contributed by atoms with van der Waals surface area (Å²) in [6.45, 7) is 4.95. The van der Waals surface area contributed by atoms with E-state index in [-0.39, 0.29) is 11.8 Å². The van der Waals surface area contributed by atoms with Crippen molar-refractivity contribution in [1.82, 2.24) is 9.88 Å². The van der Waals surface area contributed by atoms with Gasteiger partial charge in [0, 0.05) is 24.8 Å². The maximum absolute atomic E-state index is 12.5. The van der Waals surface area contributed by atoms with Crippen molar-refractivity contribution in [2.45, 2.75) is 45.4 Å². The first-order chi connectivity index (χ1) is 9.47. The van der Waals surface area contributed by atoms with Gasteiger partial charge in [-0.25, -0.2) is 4.98 Å². The van der Waals surface area contributed by atoms with E-state index in [1.165, 1.54) is 25.7 Å². The number of carbonyl (C=O) groups excluding carboxylic acids is 1. The van der Waals surface area contributed by atoms with E-state index in [0.29, 0.717) is 17.3 Å². The molecule has 1 heterocycles. The normalized spacial score (nSPS) is 15.8. The molecule has 0 saturated heterocycles. The van der Waals surface area contributed by atoms with Gasteiger partial charge in [0.1, 0.15) is 5.82 Å². The largest absolute Gasteiger partial charge is 0.384 e. The third-order valence-electron chi connectivity index (χ3n) is 4.06. The van der Waals surface area contributed by atoms with E-state index in [9.17, 15) is 4.79 Å². The molecule has 1 amide bonds. The Balaban J connectivity index is 2.11. The molecule has 4 heteroatoms. The van der Waals surface area contributed by atoms with Gasteiger partial charge in [-0.1, -0.05) is 26.7 Å². The second kappa shape index (κ2) is 6.25. The van der Waals surface area contributed by atoms with Crippen molar-refractivity contribution in [3.63, 3.8) is 0 Å². The van der Waals surface area contributed by atoms with Gasteiger partial charge in [-0.3, -0.25) is 4.79 Å². The molecule has 0 bridgehead atoms. The van der Waals surface area contributed by atoms with Crippen molar-refractivity contribution in [1.29, 1.82) is 0 Å². The first-order valence-electron chi connectivity index (χ1n) is 7.50. The number of nitrogens with two attached hydrogens (primary N) is 1. The van der Waals surface area contributed by atoms with Crippen molar-refractivity contribution < 1.29 is 4.79 Å². The van der Waals surface area contributed by atoms with E-state index in [1.807, 2.05) is 18.0 Å². The molecule has 1 aromatic heterocycles. The minimum absolute atomic E-state index is 0.0490. The van der Waals surface area contributed by atoms with Crippen molar-refractivity contribution in [2.24, 2.45) is 5.92 Å². The zero-order valence-corrected chi connectivity index (χ0v) is 12.7. The van der Waals surface area contributed by atoms with Gasteiger partial charge in [-0.05, 0) is 36.8 Å². The molecule has 1 aliphatic carbocycles. The first-order valence-corrected chi connectivity index (χ1v) is 7.50. The van der Waals surface area contributed by atoms with Crippen LogP contribution in [0.2, 0.25) is 0 Å². The van der Waals surface area contributed by atoms with E-state index in [2.05, 4.69) is 18.8 Å². The summed E-state index contributed by atoms with van der Waals surface area (Å²) in [5.41, 5.74) is 7.35. The third kappa shape index (κ3) is 3.50. The highest BCUT2D eigenvalue weighted by molar-refractivity contribution is 5.94. The van der Waals surface area contributed by atoms with Crippen LogP contribution in [0.1, 0.15) is 61.5 Å². The van der Waals surface area contributed by atoms with Gasteiger partial charge in [-0.2, -0.15) is 0 Å². The molecule has 20 heavy (non-hydrogen) atoms. The molecule has 2 N–H and O–H groups in total. The summed E-state index contributed by atoms with van der Waals surface area (Å²) in [5, 5.41) is 0. The number of aromatic nitrogens is 1. The van der Waals surface area contributed by atoms with E-state index < -0.39 is 0 Å². The molecule has 0 unspecified atom stereocenters. The number of hydrogen-bond acceptors (Lipinski definition) is 3. The van der Waals surface area contributed by atoms with Gasteiger partial charge in [0.05, 0.1) is 0 Å². The first kappa shape index (κ1) is 14.8. The average molecular weight is 275 g/mol. The van der Waals surface area contributed by atoms with Crippen LogP contribution in [0.3, 0.4) is 0 Å². The SMILES string of the molecule is CC(C)c1cc(C(=O)N(C)CC2CCCC2)cc(N)n1. The number of nitrogens with zero attached hydrogens (tertiary/aromatic N) is 2. The fraction of sp³-hybridized carbons (Fsp3) is 0.625. The van der Waals surface area contributed by atoms with E-state index in [0.717, 1.165) is 12.2 Å². The molecule has 0 atom stereocenters. The second-order valence-electron chi connectivity index (χ2n) is 6.20. The van der Waals surface area contributed by atoms with Crippen LogP contribution in [0.4, 0.5) is 5.82 Å². The van der Waals surface area contributed by atoms with Gasteiger partial charge in [0.25, 0.3) is 5.91 Å². The van der Waals surface area contributed by atoms with E-state index in [4.69, 9.17) is 5.73 Å². The Kier molecular flexibility index (Phi) is 4.63. The van der Waals surface area contributed by atoms with Crippen molar-refractivity contribution in [3.8, 4) is 0 Å². The van der Waals surface area contributed by atoms with Crippen molar-refractivity contribution in [3.05, 3.63) is 23.4 Å². The zero-order valence-electron chi connectivity index (χ0n) is 12.7. The lowest BCUT2D eigenvalue weighted by atomic mass is 10.1. The minimum Gasteiger partial charge on any atom is -0.384 e. The summed E-state index contributed by atoms with van der Waals surface area (Å²) in [4.78, 5) is 18.6. The van der Waals surface area contributed by atoms with E-state index in [1.54, 1.807) is 6.07 Å². The Hall–Kier alpha value is -1.58. The number of anilines is 1. The summed E-state index contributed by atoms with van der Waals surface area (Å²) in [6, 6.07) is 3.55. The van der Waals surface area contributed by atoms with Crippen LogP contribution < -0.4 is 5.73 Å². The van der Waals surface area contributed by atoms with Crippen LogP contribution in [0.15, 0.2) is 12.1 Å². The van der Waals surface area contributed by atoms with Crippen LogP contribution >= 0.6 is 0 Å². The molecule has 2 rings (SSSR count). The predicted octanol–water partition coefficient (Wildman–Crippen LogP) is 3.05. The summed E-state index contributed by atoms with van der Waals surface area (Å²) >= 11 is 0. The molecule has 1 fully saturated rings. The Morgan fingerprint density at radius 1 is 1.40 bits per heavy atom. The van der Waals surface area contributed by atoms with Crippen LogP contribution in [0.25, 0.3) is 0 Å². The molecule has 110 valence electrons. The summed E-state index contributed by atoms with van der Waals surface area (Å²) in [6.07, 6.45) is 5.08. The third-order valence-corrected chi connectivity index (χ3v) is 4.06. The molecule has 1 aliphatic rings. The average Bonchev–Trinajstić information content (AvgIpc) is 2.89. The number of hydrogen-bond donors (Lipinski definition) is 1. The van der Waals surface area contributed by atoms with Gasteiger partial charge in [0.15, 0.2) is 0 Å². The van der Waals surface area contributed by atoms with Crippen molar-refractivity contribution >= 4 is 11.7 Å². The fourth-order valence-electron chi connectivity index (χ4n) is 2.88. The van der Waals surface area contributed by atoms with Crippen LogP contribution in [-0.4, -0.2) is 29.4 Å². The number of rotatable bonds is 4. The Morgan fingerprint density at radius 3 is 2.65 bits per heavy atom. The highest BCUT2D eigenvalue weighted by atomic mass is 16.2. The van der Waals surface area contributed by atoms with Crippen LogP contribution in [0, 0.1) is 5.92 Å². The topological polar surface area (TPSA) is 59.2 Å². The monoisotopic (exact) mass is 275 g/mol. The summed E-state index contributed by atoms with van der Waals surface area (Å²) in [5.74, 6) is 1.40. The second-order valence-corrected chi connectivity index (χ2v) is 6.20. The van der Waals surface area contributed by atoms with Crippen molar-refractivity contribution in [2.75, 3.05) is 19.3 Å². The Labute approximate surface area is 121 Å².